The quantitative estimate of drug-likeness (QED) is 0.640. The third-order valence-corrected chi connectivity index (χ3v) is 1.45. The van der Waals surface area contributed by atoms with Gasteiger partial charge in [0.15, 0.2) is 5.82 Å². The summed E-state index contributed by atoms with van der Waals surface area (Å²) in [6.07, 6.45) is 3.24. The maximum Gasteiger partial charge on any atom is 0.195 e. The lowest BCUT2D eigenvalue weighted by atomic mass is 10.4. The number of nitrogens with one attached hydrogen (secondary N) is 1. The zero-order chi connectivity index (χ0) is 7.68. The van der Waals surface area contributed by atoms with Crippen molar-refractivity contribution in [3.63, 3.8) is 0 Å². The lowest BCUT2D eigenvalue weighted by Gasteiger charge is -2.20. The molecular formula is C6H8ClN5. The van der Waals surface area contributed by atoms with Gasteiger partial charge in [0.25, 0.3) is 0 Å². The first-order chi connectivity index (χ1) is 5.38. The molecular weight excluding hydrogens is 178 g/mol. The Hall–Kier alpha value is -1.36. The molecule has 1 aliphatic rings. The maximum atomic E-state index is 4.06. The summed E-state index contributed by atoms with van der Waals surface area (Å²) >= 11 is 0. The Morgan fingerprint density at radius 3 is 3.08 bits per heavy atom. The zero-order valence-corrected chi connectivity index (χ0v) is 7.25. The van der Waals surface area contributed by atoms with Crippen LogP contribution in [0.5, 0.6) is 0 Å². The molecule has 0 bridgehead atoms. The van der Waals surface area contributed by atoms with Crippen molar-refractivity contribution in [1.82, 2.24) is 15.6 Å². The molecule has 0 saturated carbocycles. The molecule has 0 radical (unpaired) electrons. The maximum absolute atomic E-state index is 4.06. The second-order valence-electron chi connectivity index (χ2n) is 2.19. The molecule has 2 rings (SSSR count). The number of aromatic nitrogens is 2. The van der Waals surface area contributed by atoms with Crippen molar-refractivity contribution in [1.29, 1.82) is 0 Å². The first kappa shape index (κ1) is 8.73. The van der Waals surface area contributed by atoms with Crippen molar-refractivity contribution in [3.05, 3.63) is 12.3 Å². The Morgan fingerprint density at radius 2 is 2.33 bits per heavy atom. The number of anilines is 1. The molecule has 5 nitrogen and oxygen atoms in total. The lowest BCUT2D eigenvalue weighted by molar-refractivity contribution is 0.830. The average Bonchev–Trinajstić information content (AvgIpc) is 2.06. The van der Waals surface area contributed by atoms with Crippen LogP contribution in [0.15, 0.2) is 17.3 Å². The predicted octanol–water partition coefficient (Wildman–Crippen LogP) is 0.513. The minimum absolute atomic E-state index is 0. The number of hydrogen-bond acceptors (Lipinski definition) is 5. The molecule has 1 aromatic heterocycles. The van der Waals surface area contributed by atoms with Crippen LogP contribution in [0.1, 0.15) is 0 Å². The van der Waals surface area contributed by atoms with Gasteiger partial charge in [0.2, 0.25) is 0 Å². The van der Waals surface area contributed by atoms with E-state index in [1.165, 1.54) is 0 Å². The summed E-state index contributed by atoms with van der Waals surface area (Å²) in [5, 5.41) is 9.40. The summed E-state index contributed by atoms with van der Waals surface area (Å²) < 4.78 is 0. The molecule has 0 atom stereocenters. The highest BCUT2D eigenvalue weighted by molar-refractivity contribution is 5.85. The number of aliphatic imine (C=N–C) groups is 1. The van der Waals surface area contributed by atoms with Crippen LogP contribution >= 0.6 is 12.4 Å². The molecule has 0 spiro atoms. The summed E-state index contributed by atoms with van der Waals surface area (Å²) in [6, 6.07) is 1.82. The van der Waals surface area contributed by atoms with Crippen LogP contribution < -0.4 is 10.4 Å². The predicted molar refractivity (Wildman–Crippen MR) is 49.0 cm³/mol. The third-order valence-electron chi connectivity index (χ3n) is 1.45. The zero-order valence-electron chi connectivity index (χ0n) is 6.43. The lowest BCUT2D eigenvalue weighted by Crippen LogP contribution is -2.35. The Kier molecular flexibility index (Phi) is 2.44. The Bertz CT molecular complexity index is 300. The van der Waals surface area contributed by atoms with E-state index in [0.29, 0.717) is 0 Å². The van der Waals surface area contributed by atoms with Crippen molar-refractivity contribution in [2.75, 3.05) is 12.1 Å². The summed E-state index contributed by atoms with van der Waals surface area (Å²) in [6.45, 7) is 0. The molecule has 0 unspecified atom stereocenters. The van der Waals surface area contributed by atoms with Crippen LogP contribution in [0.3, 0.4) is 0 Å². The van der Waals surface area contributed by atoms with E-state index in [2.05, 4.69) is 20.6 Å². The normalized spacial score (nSPS) is 12.9. The molecule has 0 aromatic carbocycles. The van der Waals surface area contributed by atoms with Crippen molar-refractivity contribution in [2.24, 2.45) is 4.99 Å². The molecule has 12 heavy (non-hydrogen) atoms. The topological polar surface area (TPSA) is 53.4 Å². The number of rotatable bonds is 0. The summed E-state index contributed by atoms with van der Waals surface area (Å²) in [5.74, 6) is 0.745. The number of hydrogen-bond donors (Lipinski definition) is 1. The average molecular weight is 186 g/mol. The van der Waals surface area contributed by atoms with Crippen LogP contribution in [0, 0.1) is 0 Å². The van der Waals surface area contributed by atoms with E-state index in [1.54, 1.807) is 17.5 Å². The van der Waals surface area contributed by atoms with E-state index in [9.17, 15) is 0 Å². The van der Waals surface area contributed by atoms with E-state index in [4.69, 9.17) is 0 Å². The fourth-order valence-electron chi connectivity index (χ4n) is 0.904. The summed E-state index contributed by atoms with van der Waals surface area (Å²) in [4.78, 5) is 4.06. The molecule has 1 aromatic rings. The number of halogens is 1. The van der Waals surface area contributed by atoms with Gasteiger partial charge in [-0.15, -0.1) is 17.5 Å². The van der Waals surface area contributed by atoms with Crippen LogP contribution in [0.4, 0.5) is 11.5 Å². The van der Waals surface area contributed by atoms with Gasteiger partial charge < -0.3 is 0 Å². The molecule has 0 fully saturated rings. The molecule has 6 heteroatoms. The standard InChI is InChI=1S/C6H7N5.ClH/c1-11-6-5(7-4-9-11)2-3-8-10-6;/h2-4H,1H3,(H,7,9);1H. The Labute approximate surface area is 75.9 Å². The first-order valence-corrected chi connectivity index (χ1v) is 3.22. The highest BCUT2D eigenvalue weighted by Crippen LogP contribution is 2.23. The minimum atomic E-state index is 0. The number of fused-ring (bicyclic) bond motifs is 1. The van der Waals surface area contributed by atoms with Gasteiger partial charge in [-0.3, -0.25) is 10.4 Å². The van der Waals surface area contributed by atoms with Crippen LogP contribution in [-0.4, -0.2) is 23.6 Å². The molecule has 0 saturated heterocycles. The fourth-order valence-corrected chi connectivity index (χ4v) is 0.904. The monoisotopic (exact) mass is 185 g/mol. The van der Waals surface area contributed by atoms with Crippen molar-refractivity contribution >= 4 is 30.3 Å². The van der Waals surface area contributed by atoms with Crippen molar-refractivity contribution < 1.29 is 0 Å². The van der Waals surface area contributed by atoms with Crippen LogP contribution in [-0.2, 0) is 0 Å². The molecule has 1 aliphatic heterocycles. The summed E-state index contributed by atoms with van der Waals surface area (Å²) in [5.41, 5.74) is 3.71. The Balaban J connectivity index is 0.000000720. The van der Waals surface area contributed by atoms with Crippen molar-refractivity contribution in [2.45, 2.75) is 0 Å². The van der Waals surface area contributed by atoms with Gasteiger partial charge in [-0.25, -0.2) is 4.99 Å². The van der Waals surface area contributed by atoms with E-state index < -0.39 is 0 Å². The first-order valence-electron chi connectivity index (χ1n) is 3.22. The van der Waals surface area contributed by atoms with Gasteiger partial charge in [-0.05, 0) is 6.07 Å². The highest BCUT2D eigenvalue weighted by atomic mass is 35.5. The van der Waals surface area contributed by atoms with Crippen LogP contribution in [0.2, 0.25) is 0 Å². The second kappa shape index (κ2) is 3.36. The number of nitrogens with zero attached hydrogens (tertiary/aromatic N) is 4. The van der Waals surface area contributed by atoms with E-state index >= 15 is 0 Å². The van der Waals surface area contributed by atoms with E-state index in [0.717, 1.165) is 11.5 Å². The molecule has 0 aliphatic carbocycles. The largest absolute Gasteiger partial charge is 0.287 e. The molecule has 1 N–H and O–H groups in total. The highest BCUT2D eigenvalue weighted by Gasteiger charge is 2.10. The van der Waals surface area contributed by atoms with Crippen LogP contribution in [0.25, 0.3) is 0 Å². The molecule has 64 valence electrons. The van der Waals surface area contributed by atoms with Gasteiger partial charge in [0.1, 0.15) is 12.0 Å². The van der Waals surface area contributed by atoms with E-state index in [1.807, 2.05) is 13.1 Å². The van der Waals surface area contributed by atoms with Gasteiger partial charge in [0, 0.05) is 7.05 Å². The number of hydrazine groups is 1. The van der Waals surface area contributed by atoms with Crippen molar-refractivity contribution in [3.8, 4) is 0 Å². The SMILES string of the molecule is CN1NC=Nc2ccnnc21.Cl. The van der Waals surface area contributed by atoms with Gasteiger partial charge >= 0.3 is 0 Å². The minimum Gasteiger partial charge on any atom is -0.287 e. The van der Waals surface area contributed by atoms with Gasteiger partial charge in [0.05, 0.1) is 6.20 Å². The van der Waals surface area contributed by atoms with Gasteiger partial charge in [-0.1, -0.05) is 0 Å². The van der Waals surface area contributed by atoms with E-state index in [-0.39, 0.29) is 12.4 Å². The van der Waals surface area contributed by atoms with Gasteiger partial charge in [-0.2, -0.15) is 5.10 Å². The third kappa shape index (κ3) is 1.31. The molecule has 2 heterocycles. The fraction of sp³-hybridized carbons (Fsp3) is 0.167. The Morgan fingerprint density at radius 1 is 1.50 bits per heavy atom. The second-order valence-corrected chi connectivity index (χ2v) is 2.19. The summed E-state index contributed by atoms with van der Waals surface area (Å²) in [7, 11) is 1.86. The molecule has 0 amide bonds. The smallest absolute Gasteiger partial charge is 0.195 e.